The van der Waals surface area contributed by atoms with Crippen LogP contribution >= 0.6 is 11.6 Å². The molecule has 0 radical (unpaired) electrons. The van der Waals surface area contributed by atoms with Gasteiger partial charge in [-0.3, -0.25) is 4.79 Å². The lowest BCUT2D eigenvalue weighted by Crippen LogP contribution is -2.39. The number of aromatic nitrogens is 3. The summed E-state index contributed by atoms with van der Waals surface area (Å²) in [5.41, 5.74) is 1.68. The lowest BCUT2D eigenvalue weighted by molar-refractivity contribution is -0.149. The van der Waals surface area contributed by atoms with Crippen molar-refractivity contribution in [2.75, 3.05) is 6.61 Å². The number of esters is 1. The molecule has 5 nitrogen and oxygen atoms in total. The Balaban J connectivity index is 1.91. The molecule has 2 aromatic heterocycles. The predicted octanol–water partition coefficient (Wildman–Crippen LogP) is 5.25. The molecule has 0 amide bonds. The number of fused-ring (bicyclic) bond motifs is 1. The lowest BCUT2D eigenvalue weighted by atomic mass is 9.80. The van der Waals surface area contributed by atoms with Crippen LogP contribution in [0.2, 0.25) is 5.02 Å². The zero-order valence-electron chi connectivity index (χ0n) is 17.2. The van der Waals surface area contributed by atoms with Gasteiger partial charge in [-0.25, -0.2) is 13.9 Å². The van der Waals surface area contributed by atoms with E-state index in [9.17, 15) is 4.79 Å². The van der Waals surface area contributed by atoms with E-state index in [0.29, 0.717) is 16.2 Å². The smallest absolute Gasteiger partial charge is 0.318 e. The normalized spacial score (nSPS) is 13.2. The van der Waals surface area contributed by atoms with Gasteiger partial charge in [0.2, 0.25) is 0 Å². The molecule has 0 aliphatic rings. The maximum atomic E-state index is 15.2. The monoisotopic (exact) mass is 437 g/mol. The molecule has 1 atom stereocenters. The summed E-state index contributed by atoms with van der Waals surface area (Å²) in [5.74, 6) is -1.14. The standard InChI is InChI=1S/C24H21ClFN3O2/c1-3-31-23(30)24(2,13-16-7-5-4-6-8-16)21-20(26)15-27-22-19(14-28-29(21)22)17-9-11-18(25)12-10-17/h4-12,14-15H,3,13H2,1-2H3. The van der Waals surface area contributed by atoms with Crippen LogP contribution in [0.3, 0.4) is 0 Å². The van der Waals surface area contributed by atoms with Gasteiger partial charge in [0.05, 0.1) is 24.7 Å². The van der Waals surface area contributed by atoms with Crippen LogP contribution in [-0.4, -0.2) is 27.2 Å². The molecule has 0 fully saturated rings. The van der Waals surface area contributed by atoms with Gasteiger partial charge >= 0.3 is 5.97 Å². The number of halogens is 2. The number of carbonyl (C=O) groups is 1. The van der Waals surface area contributed by atoms with E-state index in [0.717, 1.165) is 17.3 Å². The summed E-state index contributed by atoms with van der Waals surface area (Å²) in [6, 6.07) is 16.7. The van der Waals surface area contributed by atoms with Crippen molar-refractivity contribution in [2.45, 2.75) is 25.7 Å². The second-order valence-corrected chi connectivity index (χ2v) is 7.91. The molecule has 0 saturated carbocycles. The molecule has 2 heterocycles. The summed E-state index contributed by atoms with van der Waals surface area (Å²) in [5, 5.41) is 5.01. The summed E-state index contributed by atoms with van der Waals surface area (Å²) >= 11 is 6.00. The van der Waals surface area contributed by atoms with Crippen molar-refractivity contribution in [3.63, 3.8) is 0 Å². The van der Waals surface area contributed by atoms with E-state index in [-0.39, 0.29) is 18.7 Å². The Kier molecular flexibility index (Phi) is 5.74. The molecule has 7 heteroatoms. The summed E-state index contributed by atoms with van der Waals surface area (Å²) in [6.07, 6.45) is 3.00. The van der Waals surface area contributed by atoms with Gasteiger partial charge in [-0.15, -0.1) is 0 Å². The fraction of sp³-hybridized carbons (Fsp3) is 0.208. The van der Waals surface area contributed by atoms with E-state index in [1.165, 1.54) is 4.52 Å². The van der Waals surface area contributed by atoms with Crippen LogP contribution in [0.1, 0.15) is 25.1 Å². The second-order valence-electron chi connectivity index (χ2n) is 7.47. The van der Waals surface area contributed by atoms with Gasteiger partial charge in [-0.05, 0) is 43.5 Å². The highest BCUT2D eigenvalue weighted by atomic mass is 35.5. The van der Waals surface area contributed by atoms with Gasteiger partial charge in [-0.2, -0.15) is 5.10 Å². The first-order valence-corrected chi connectivity index (χ1v) is 10.3. The molecule has 0 bridgehead atoms. The number of nitrogens with zero attached hydrogens (tertiary/aromatic N) is 3. The Morgan fingerprint density at radius 2 is 1.84 bits per heavy atom. The number of hydrogen-bond acceptors (Lipinski definition) is 4. The first-order valence-electron chi connectivity index (χ1n) is 9.94. The van der Waals surface area contributed by atoms with E-state index < -0.39 is 17.2 Å². The van der Waals surface area contributed by atoms with Crippen LogP contribution < -0.4 is 0 Å². The average molecular weight is 438 g/mol. The Morgan fingerprint density at radius 1 is 1.13 bits per heavy atom. The third kappa shape index (κ3) is 3.91. The number of ether oxygens (including phenoxy) is 1. The van der Waals surface area contributed by atoms with E-state index >= 15 is 4.39 Å². The number of carbonyl (C=O) groups excluding carboxylic acids is 1. The maximum Gasteiger partial charge on any atom is 0.318 e. The minimum Gasteiger partial charge on any atom is -0.465 e. The molecule has 2 aromatic carbocycles. The van der Waals surface area contributed by atoms with Crippen molar-refractivity contribution in [3.05, 3.63) is 89.1 Å². The highest BCUT2D eigenvalue weighted by Gasteiger charge is 2.42. The molecule has 0 saturated heterocycles. The maximum absolute atomic E-state index is 15.2. The molecule has 158 valence electrons. The van der Waals surface area contributed by atoms with E-state index in [1.54, 1.807) is 32.2 Å². The van der Waals surface area contributed by atoms with Crippen molar-refractivity contribution < 1.29 is 13.9 Å². The fourth-order valence-electron chi connectivity index (χ4n) is 3.79. The molecule has 1 unspecified atom stereocenters. The second kappa shape index (κ2) is 8.47. The van der Waals surface area contributed by atoms with Crippen molar-refractivity contribution >= 4 is 23.2 Å². The largest absolute Gasteiger partial charge is 0.465 e. The van der Waals surface area contributed by atoms with Crippen LogP contribution in [0.15, 0.2) is 67.0 Å². The Hall–Kier alpha value is -3.25. The van der Waals surface area contributed by atoms with Gasteiger partial charge in [0.25, 0.3) is 0 Å². The average Bonchev–Trinajstić information content (AvgIpc) is 3.18. The quantitative estimate of drug-likeness (QED) is 0.386. The van der Waals surface area contributed by atoms with Gasteiger partial charge in [-0.1, -0.05) is 54.1 Å². The van der Waals surface area contributed by atoms with Crippen LogP contribution in [0.5, 0.6) is 0 Å². The topological polar surface area (TPSA) is 56.5 Å². The van der Waals surface area contributed by atoms with Crippen molar-refractivity contribution in [1.29, 1.82) is 0 Å². The Bertz CT molecular complexity index is 1230. The number of hydrogen-bond donors (Lipinski definition) is 0. The summed E-state index contributed by atoms with van der Waals surface area (Å²) < 4.78 is 22.0. The Morgan fingerprint density at radius 3 is 2.52 bits per heavy atom. The van der Waals surface area contributed by atoms with Gasteiger partial charge < -0.3 is 4.74 Å². The Labute approximate surface area is 184 Å². The molecule has 31 heavy (non-hydrogen) atoms. The summed E-state index contributed by atoms with van der Waals surface area (Å²) in [7, 11) is 0. The highest BCUT2D eigenvalue weighted by molar-refractivity contribution is 6.30. The molecular formula is C24H21ClFN3O2. The summed E-state index contributed by atoms with van der Waals surface area (Å²) in [6.45, 7) is 3.60. The number of benzene rings is 2. The number of rotatable bonds is 6. The highest BCUT2D eigenvalue weighted by Crippen LogP contribution is 2.34. The van der Waals surface area contributed by atoms with Crippen LogP contribution in [0.4, 0.5) is 4.39 Å². The van der Waals surface area contributed by atoms with Crippen molar-refractivity contribution in [3.8, 4) is 11.1 Å². The molecule has 0 aliphatic carbocycles. The lowest BCUT2D eigenvalue weighted by Gasteiger charge is -2.28. The minimum atomic E-state index is -1.31. The zero-order valence-corrected chi connectivity index (χ0v) is 17.9. The van der Waals surface area contributed by atoms with E-state index in [1.807, 2.05) is 42.5 Å². The van der Waals surface area contributed by atoms with Crippen molar-refractivity contribution in [2.24, 2.45) is 0 Å². The van der Waals surface area contributed by atoms with E-state index in [4.69, 9.17) is 16.3 Å². The van der Waals surface area contributed by atoms with Gasteiger partial charge in [0, 0.05) is 10.6 Å². The van der Waals surface area contributed by atoms with Gasteiger partial charge in [0.1, 0.15) is 5.41 Å². The van der Waals surface area contributed by atoms with Crippen LogP contribution in [0.25, 0.3) is 16.8 Å². The third-order valence-electron chi connectivity index (χ3n) is 5.29. The summed E-state index contributed by atoms with van der Waals surface area (Å²) in [4.78, 5) is 17.4. The van der Waals surface area contributed by atoms with Crippen molar-refractivity contribution in [1.82, 2.24) is 14.6 Å². The third-order valence-corrected chi connectivity index (χ3v) is 5.54. The molecule has 4 aromatic rings. The van der Waals surface area contributed by atoms with Gasteiger partial charge in [0.15, 0.2) is 11.5 Å². The fourth-order valence-corrected chi connectivity index (χ4v) is 3.91. The molecule has 4 rings (SSSR count). The first-order chi connectivity index (χ1) is 14.9. The molecular weight excluding hydrogens is 417 g/mol. The molecule has 0 spiro atoms. The van der Waals surface area contributed by atoms with E-state index in [2.05, 4.69) is 10.1 Å². The minimum absolute atomic E-state index is 0.111. The zero-order chi connectivity index (χ0) is 22.0. The van der Waals surface area contributed by atoms with Crippen LogP contribution in [0, 0.1) is 5.82 Å². The first kappa shape index (κ1) is 21.0. The molecule has 0 aliphatic heterocycles. The predicted molar refractivity (Wildman–Crippen MR) is 118 cm³/mol. The SMILES string of the molecule is CCOC(=O)C(C)(Cc1ccccc1)c1c(F)cnc2c(-c3ccc(Cl)cc3)cnn12. The van der Waals surface area contributed by atoms with Crippen LogP contribution in [-0.2, 0) is 21.4 Å². The molecule has 0 N–H and O–H groups in total.